The van der Waals surface area contributed by atoms with Crippen LogP contribution in [0.4, 0.5) is 0 Å². The number of methoxy groups -OCH3 is 1. The minimum Gasteiger partial charge on any atom is -0.382 e. The van der Waals surface area contributed by atoms with Gasteiger partial charge in [-0.3, -0.25) is 9.48 Å². The Kier molecular flexibility index (Phi) is 5.44. The minimum atomic E-state index is -0.0199. The Labute approximate surface area is 146 Å². The van der Waals surface area contributed by atoms with E-state index in [1.54, 1.807) is 13.4 Å². The van der Waals surface area contributed by atoms with Crippen LogP contribution in [0.25, 0.3) is 11.5 Å². The summed E-state index contributed by atoms with van der Waals surface area (Å²) in [6, 6.07) is 0. The summed E-state index contributed by atoms with van der Waals surface area (Å²) in [5.41, 5.74) is 2.99. The molecule has 1 aliphatic heterocycles. The molecule has 0 spiro atoms. The molecular formula is C16H24N6O3. The molecule has 3 rings (SSSR count). The van der Waals surface area contributed by atoms with Crippen LogP contribution in [0.3, 0.4) is 0 Å². The number of nitrogens with zero attached hydrogens (tertiary/aromatic N) is 6. The highest BCUT2D eigenvalue weighted by atomic mass is 16.5. The van der Waals surface area contributed by atoms with Gasteiger partial charge in [-0.2, -0.15) is 5.10 Å². The van der Waals surface area contributed by atoms with Gasteiger partial charge in [0.1, 0.15) is 18.6 Å². The van der Waals surface area contributed by atoms with Crippen molar-refractivity contribution < 1.29 is 14.3 Å². The van der Waals surface area contributed by atoms with E-state index in [9.17, 15) is 4.79 Å². The smallest absolute Gasteiger partial charge is 0.248 e. The third-order valence-corrected chi connectivity index (χ3v) is 4.42. The third-order valence-electron chi connectivity index (χ3n) is 4.42. The molecule has 136 valence electrons. The zero-order valence-electron chi connectivity index (χ0n) is 14.9. The molecule has 0 N–H and O–H groups in total. The Morgan fingerprint density at radius 3 is 2.96 bits per heavy atom. The summed E-state index contributed by atoms with van der Waals surface area (Å²) >= 11 is 0. The number of carbonyl (C=O) groups excluding carboxylic acids is 1. The fourth-order valence-corrected chi connectivity index (χ4v) is 3.05. The van der Waals surface area contributed by atoms with Gasteiger partial charge in [0.05, 0.1) is 13.2 Å². The van der Waals surface area contributed by atoms with E-state index in [4.69, 9.17) is 9.47 Å². The predicted molar refractivity (Wildman–Crippen MR) is 89.7 cm³/mol. The normalized spacial score (nSPS) is 14.0. The summed E-state index contributed by atoms with van der Waals surface area (Å²) in [5.74, 6) is 0.721. The van der Waals surface area contributed by atoms with Gasteiger partial charge in [0, 0.05) is 51.5 Å². The van der Waals surface area contributed by atoms with E-state index in [0.717, 1.165) is 35.7 Å². The van der Waals surface area contributed by atoms with Crippen molar-refractivity contribution in [3.8, 4) is 11.5 Å². The molecule has 0 saturated heterocycles. The van der Waals surface area contributed by atoms with Crippen molar-refractivity contribution in [1.29, 1.82) is 0 Å². The van der Waals surface area contributed by atoms with Gasteiger partial charge in [0.15, 0.2) is 5.82 Å². The highest BCUT2D eigenvalue weighted by Crippen LogP contribution is 2.28. The van der Waals surface area contributed by atoms with Crippen LogP contribution in [0, 0.1) is 0 Å². The van der Waals surface area contributed by atoms with Gasteiger partial charge in [-0.1, -0.05) is 0 Å². The first-order chi connectivity index (χ1) is 12.2. The van der Waals surface area contributed by atoms with E-state index in [1.165, 1.54) is 0 Å². The lowest BCUT2D eigenvalue weighted by atomic mass is 10.0. The summed E-state index contributed by atoms with van der Waals surface area (Å²) < 4.78 is 14.1. The Hall–Kier alpha value is -2.26. The summed E-state index contributed by atoms with van der Waals surface area (Å²) in [6.45, 7) is 4.95. The zero-order valence-corrected chi connectivity index (χ0v) is 14.9. The second-order valence-corrected chi connectivity index (χ2v) is 5.95. The number of fused-ring (bicyclic) bond motifs is 1. The molecule has 0 aliphatic carbocycles. The van der Waals surface area contributed by atoms with Gasteiger partial charge in [-0.05, 0) is 6.92 Å². The molecule has 25 heavy (non-hydrogen) atoms. The van der Waals surface area contributed by atoms with Gasteiger partial charge < -0.3 is 18.9 Å². The zero-order chi connectivity index (χ0) is 17.8. The van der Waals surface area contributed by atoms with Crippen LogP contribution in [-0.2, 0) is 40.8 Å². The van der Waals surface area contributed by atoms with Crippen LogP contribution in [0.15, 0.2) is 6.33 Å². The van der Waals surface area contributed by atoms with Crippen molar-refractivity contribution in [3.05, 3.63) is 17.6 Å². The molecule has 0 aromatic carbocycles. The number of aromatic nitrogens is 5. The molecule has 9 heteroatoms. The standard InChI is InChI=1S/C16H24N6O3/c1-4-21-11-17-18-16(21)15-12-9-22(6-5-13(12)20(2)19-15)14(23)10-25-8-7-24-3/h11H,4-10H2,1-3H3. The molecule has 0 fully saturated rings. The van der Waals surface area contributed by atoms with Crippen molar-refractivity contribution >= 4 is 5.91 Å². The van der Waals surface area contributed by atoms with Gasteiger partial charge >= 0.3 is 0 Å². The van der Waals surface area contributed by atoms with Crippen molar-refractivity contribution in [3.63, 3.8) is 0 Å². The fourth-order valence-electron chi connectivity index (χ4n) is 3.05. The molecule has 0 atom stereocenters. The second kappa shape index (κ2) is 7.75. The lowest BCUT2D eigenvalue weighted by molar-refractivity contribution is -0.137. The number of carbonyl (C=O) groups is 1. The first-order valence-corrected chi connectivity index (χ1v) is 8.43. The number of ether oxygens (including phenoxy) is 2. The van der Waals surface area contributed by atoms with Crippen LogP contribution in [0.5, 0.6) is 0 Å². The first-order valence-electron chi connectivity index (χ1n) is 8.43. The SMILES string of the molecule is CCn1cnnc1-c1nn(C)c2c1CN(C(=O)COCCOC)CC2. The van der Waals surface area contributed by atoms with Crippen molar-refractivity contribution in [2.45, 2.75) is 26.4 Å². The molecule has 2 aromatic heterocycles. The maximum absolute atomic E-state index is 12.4. The molecule has 0 saturated carbocycles. The van der Waals surface area contributed by atoms with E-state index in [-0.39, 0.29) is 12.5 Å². The Morgan fingerprint density at radius 1 is 1.36 bits per heavy atom. The molecule has 0 radical (unpaired) electrons. The molecule has 1 amide bonds. The lowest BCUT2D eigenvalue weighted by Crippen LogP contribution is -2.38. The van der Waals surface area contributed by atoms with Crippen molar-refractivity contribution in [2.24, 2.45) is 7.05 Å². The topological polar surface area (TPSA) is 87.3 Å². The molecular weight excluding hydrogens is 324 g/mol. The van der Waals surface area contributed by atoms with E-state index < -0.39 is 0 Å². The summed E-state index contributed by atoms with van der Waals surface area (Å²) in [5, 5.41) is 12.8. The Balaban J connectivity index is 1.77. The fraction of sp³-hybridized carbons (Fsp3) is 0.625. The molecule has 2 aromatic rings. The van der Waals surface area contributed by atoms with Gasteiger partial charge in [-0.25, -0.2) is 0 Å². The number of rotatable bonds is 7. The Morgan fingerprint density at radius 2 is 2.20 bits per heavy atom. The average molecular weight is 348 g/mol. The highest BCUT2D eigenvalue weighted by Gasteiger charge is 2.28. The van der Waals surface area contributed by atoms with Gasteiger partial charge in [0.25, 0.3) is 0 Å². The number of hydrogen-bond acceptors (Lipinski definition) is 6. The van der Waals surface area contributed by atoms with Crippen LogP contribution < -0.4 is 0 Å². The van der Waals surface area contributed by atoms with Gasteiger partial charge in [0.2, 0.25) is 5.91 Å². The second-order valence-electron chi connectivity index (χ2n) is 5.95. The van der Waals surface area contributed by atoms with Crippen LogP contribution in [0.1, 0.15) is 18.2 Å². The lowest BCUT2D eigenvalue weighted by Gasteiger charge is -2.27. The number of hydrogen-bond donors (Lipinski definition) is 0. The molecule has 0 bridgehead atoms. The first kappa shape index (κ1) is 17.6. The van der Waals surface area contributed by atoms with Crippen LogP contribution in [-0.4, -0.2) is 68.8 Å². The number of amides is 1. The van der Waals surface area contributed by atoms with E-state index >= 15 is 0 Å². The average Bonchev–Trinajstić information content (AvgIpc) is 3.22. The van der Waals surface area contributed by atoms with E-state index in [2.05, 4.69) is 15.3 Å². The largest absolute Gasteiger partial charge is 0.382 e. The quantitative estimate of drug-likeness (QED) is 0.667. The maximum Gasteiger partial charge on any atom is 0.248 e. The predicted octanol–water partition coefficient (Wildman–Crippen LogP) is 0.246. The highest BCUT2D eigenvalue weighted by molar-refractivity contribution is 5.78. The number of aryl methyl sites for hydroxylation is 2. The van der Waals surface area contributed by atoms with E-state index in [0.29, 0.717) is 26.3 Å². The van der Waals surface area contributed by atoms with Crippen molar-refractivity contribution in [1.82, 2.24) is 29.4 Å². The summed E-state index contributed by atoms with van der Waals surface area (Å²) in [4.78, 5) is 14.2. The molecule has 3 heterocycles. The maximum atomic E-state index is 12.4. The monoisotopic (exact) mass is 348 g/mol. The Bertz CT molecular complexity index is 738. The molecule has 0 unspecified atom stereocenters. The summed E-state index contributed by atoms with van der Waals surface area (Å²) in [6.07, 6.45) is 2.47. The molecule has 1 aliphatic rings. The minimum absolute atomic E-state index is 0.0199. The van der Waals surface area contributed by atoms with Gasteiger partial charge in [-0.15, -0.1) is 10.2 Å². The third kappa shape index (κ3) is 3.57. The van der Waals surface area contributed by atoms with Crippen molar-refractivity contribution in [2.75, 3.05) is 33.5 Å². The van der Waals surface area contributed by atoms with Crippen LogP contribution in [0.2, 0.25) is 0 Å². The van der Waals surface area contributed by atoms with Crippen LogP contribution >= 0.6 is 0 Å². The van der Waals surface area contributed by atoms with E-state index in [1.807, 2.05) is 28.1 Å². The molecule has 9 nitrogen and oxygen atoms in total. The summed E-state index contributed by atoms with van der Waals surface area (Å²) in [7, 11) is 3.54.